The van der Waals surface area contributed by atoms with Crippen molar-refractivity contribution < 1.29 is 14.1 Å². The van der Waals surface area contributed by atoms with Crippen LogP contribution >= 0.6 is 0 Å². The van der Waals surface area contributed by atoms with Crippen LogP contribution in [0.3, 0.4) is 0 Å². The Morgan fingerprint density at radius 2 is 2.04 bits per heavy atom. The number of hydrogen-bond donors (Lipinski definition) is 0. The fourth-order valence-corrected chi connectivity index (χ4v) is 3.46. The number of amides is 1. The fraction of sp³-hybridized carbons (Fsp3) is 0.421. The van der Waals surface area contributed by atoms with Crippen molar-refractivity contribution in [2.24, 2.45) is 0 Å². The topological polar surface area (TPSA) is 117 Å². The van der Waals surface area contributed by atoms with Crippen LogP contribution in [0, 0.1) is 28.4 Å². The van der Waals surface area contributed by atoms with E-state index in [2.05, 4.69) is 11.1 Å². The highest BCUT2D eigenvalue weighted by Gasteiger charge is 2.33. The highest BCUT2D eigenvalue weighted by Crippen LogP contribution is 2.41. The molecule has 2 heterocycles. The molecule has 1 aromatic heterocycles. The second-order valence-electron chi connectivity index (χ2n) is 7.08. The number of oxazole rings is 1. The molecule has 144 valence electrons. The molecule has 1 aromatic carbocycles. The van der Waals surface area contributed by atoms with Crippen molar-refractivity contribution in [3.8, 4) is 6.07 Å². The van der Waals surface area contributed by atoms with Crippen molar-refractivity contribution in [1.82, 2.24) is 9.88 Å². The summed E-state index contributed by atoms with van der Waals surface area (Å²) in [6.07, 6.45) is 2.07. The maximum Gasteiger partial charge on any atom is 0.273 e. The average Bonchev–Trinajstić information content (AvgIpc) is 3.46. The number of piperazine rings is 1. The first-order chi connectivity index (χ1) is 13.5. The average molecular weight is 381 g/mol. The van der Waals surface area contributed by atoms with Crippen LogP contribution in [0.15, 0.2) is 22.6 Å². The third-order valence-corrected chi connectivity index (χ3v) is 5.24. The highest BCUT2D eigenvalue weighted by atomic mass is 16.6. The van der Waals surface area contributed by atoms with Crippen LogP contribution in [0.25, 0.3) is 0 Å². The SMILES string of the molecule is Cc1c(C(=O)N2CCN(c3oc(C4CC4)nc3C#N)CC2)cccc1[N+](=O)[O-]. The molecule has 1 saturated heterocycles. The van der Waals surface area contributed by atoms with Crippen LogP contribution in [0.2, 0.25) is 0 Å². The Morgan fingerprint density at radius 3 is 2.64 bits per heavy atom. The maximum absolute atomic E-state index is 12.9. The largest absolute Gasteiger partial charge is 0.423 e. The smallest absolute Gasteiger partial charge is 0.273 e. The van der Waals surface area contributed by atoms with Gasteiger partial charge in [0.15, 0.2) is 0 Å². The van der Waals surface area contributed by atoms with E-state index in [0.717, 1.165) is 12.8 Å². The Balaban J connectivity index is 1.48. The Labute approximate surface area is 161 Å². The summed E-state index contributed by atoms with van der Waals surface area (Å²) in [6.45, 7) is 3.48. The number of nitriles is 1. The number of hydrogen-bond acceptors (Lipinski definition) is 7. The monoisotopic (exact) mass is 381 g/mol. The Hall–Kier alpha value is -3.41. The minimum absolute atomic E-state index is 0.0580. The summed E-state index contributed by atoms with van der Waals surface area (Å²) < 4.78 is 5.82. The van der Waals surface area contributed by atoms with E-state index in [0.29, 0.717) is 55.0 Å². The van der Waals surface area contributed by atoms with E-state index in [-0.39, 0.29) is 17.3 Å². The van der Waals surface area contributed by atoms with Crippen LogP contribution in [0.1, 0.15) is 46.3 Å². The van der Waals surface area contributed by atoms with Gasteiger partial charge >= 0.3 is 0 Å². The van der Waals surface area contributed by atoms with E-state index in [4.69, 9.17) is 4.42 Å². The van der Waals surface area contributed by atoms with Gasteiger partial charge in [-0.2, -0.15) is 5.26 Å². The van der Waals surface area contributed by atoms with Gasteiger partial charge in [0, 0.05) is 49.3 Å². The summed E-state index contributed by atoms with van der Waals surface area (Å²) in [4.78, 5) is 31.4. The van der Waals surface area contributed by atoms with E-state index in [9.17, 15) is 20.2 Å². The summed E-state index contributed by atoms with van der Waals surface area (Å²) in [6, 6.07) is 6.63. The highest BCUT2D eigenvalue weighted by molar-refractivity contribution is 5.96. The van der Waals surface area contributed by atoms with Gasteiger partial charge in [-0.1, -0.05) is 6.07 Å². The minimum atomic E-state index is -0.477. The van der Waals surface area contributed by atoms with Crippen molar-refractivity contribution in [1.29, 1.82) is 5.26 Å². The van der Waals surface area contributed by atoms with Crippen LogP contribution in [0.5, 0.6) is 0 Å². The van der Waals surface area contributed by atoms with Gasteiger partial charge in [-0.15, -0.1) is 0 Å². The van der Waals surface area contributed by atoms with E-state index < -0.39 is 4.92 Å². The molecule has 0 spiro atoms. The third kappa shape index (κ3) is 3.17. The number of anilines is 1. The van der Waals surface area contributed by atoms with Crippen molar-refractivity contribution in [2.75, 3.05) is 31.1 Å². The lowest BCUT2D eigenvalue weighted by molar-refractivity contribution is -0.385. The Kier molecular flexibility index (Phi) is 4.47. The van der Waals surface area contributed by atoms with E-state index >= 15 is 0 Å². The van der Waals surface area contributed by atoms with Crippen molar-refractivity contribution in [3.63, 3.8) is 0 Å². The van der Waals surface area contributed by atoms with Gasteiger partial charge in [-0.05, 0) is 25.8 Å². The molecule has 0 bridgehead atoms. The summed E-state index contributed by atoms with van der Waals surface area (Å²) in [5.74, 6) is 1.19. The molecule has 2 fully saturated rings. The van der Waals surface area contributed by atoms with Crippen LogP contribution < -0.4 is 4.90 Å². The molecule has 2 aliphatic rings. The standard InChI is InChI=1S/C19H19N5O4/c1-12-14(3-2-4-16(12)24(26)27)18(25)22-7-9-23(10-8-22)19-15(11-20)21-17(28-19)13-5-6-13/h2-4,13H,5-10H2,1H3. The number of aromatic nitrogens is 1. The number of rotatable bonds is 4. The number of nitro groups is 1. The zero-order valence-electron chi connectivity index (χ0n) is 15.4. The molecule has 4 rings (SSSR count). The molecule has 0 atom stereocenters. The van der Waals surface area contributed by atoms with Crippen LogP contribution in [-0.4, -0.2) is 46.9 Å². The first-order valence-electron chi connectivity index (χ1n) is 9.18. The van der Waals surface area contributed by atoms with E-state index in [1.807, 2.05) is 4.90 Å². The molecule has 0 N–H and O–H groups in total. The quantitative estimate of drug-likeness (QED) is 0.590. The van der Waals surface area contributed by atoms with Gasteiger partial charge in [-0.3, -0.25) is 14.9 Å². The van der Waals surface area contributed by atoms with Crippen molar-refractivity contribution in [2.45, 2.75) is 25.7 Å². The molecular weight excluding hydrogens is 362 g/mol. The molecule has 0 unspecified atom stereocenters. The molecule has 1 aliphatic heterocycles. The summed E-state index contributed by atoms with van der Waals surface area (Å²) >= 11 is 0. The van der Waals surface area contributed by atoms with E-state index in [1.165, 1.54) is 12.1 Å². The molecule has 1 amide bonds. The number of carbonyl (C=O) groups excluding carboxylic acids is 1. The zero-order chi connectivity index (χ0) is 19.8. The first kappa shape index (κ1) is 18.0. The molecule has 0 radical (unpaired) electrons. The number of benzene rings is 1. The molecule has 1 saturated carbocycles. The van der Waals surface area contributed by atoms with Crippen molar-refractivity contribution in [3.05, 3.63) is 51.0 Å². The lowest BCUT2D eigenvalue weighted by Gasteiger charge is -2.34. The van der Waals surface area contributed by atoms with Gasteiger partial charge in [0.25, 0.3) is 11.6 Å². The normalized spacial score (nSPS) is 16.7. The predicted molar refractivity (Wildman–Crippen MR) is 99.1 cm³/mol. The molecular formula is C19H19N5O4. The van der Waals surface area contributed by atoms with Gasteiger partial charge in [0.2, 0.25) is 17.5 Å². The van der Waals surface area contributed by atoms with Gasteiger partial charge in [0.1, 0.15) is 6.07 Å². The lowest BCUT2D eigenvalue weighted by atomic mass is 10.1. The molecule has 9 heteroatoms. The zero-order valence-corrected chi connectivity index (χ0v) is 15.4. The van der Waals surface area contributed by atoms with Crippen LogP contribution in [-0.2, 0) is 0 Å². The molecule has 2 aromatic rings. The van der Waals surface area contributed by atoms with Gasteiger partial charge < -0.3 is 14.2 Å². The maximum atomic E-state index is 12.9. The molecule has 9 nitrogen and oxygen atoms in total. The number of carbonyl (C=O) groups is 1. The van der Waals surface area contributed by atoms with Crippen molar-refractivity contribution >= 4 is 17.5 Å². The number of nitro benzene ring substituents is 1. The lowest BCUT2D eigenvalue weighted by Crippen LogP contribution is -2.49. The second kappa shape index (κ2) is 6.96. The van der Waals surface area contributed by atoms with Gasteiger partial charge in [-0.25, -0.2) is 4.98 Å². The Morgan fingerprint density at radius 1 is 1.32 bits per heavy atom. The predicted octanol–water partition coefficient (Wildman–Crippen LogP) is 2.60. The fourth-order valence-electron chi connectivity index (χ4n) is 3.46. The molecule has 28 heavy (non-hydrogen) atoms. The minimum Gasteiger partial charge on any atom is -0.423 e. The third-order valence-electron chi connectivity index (χ3n) is 5.24. The first-order valence-corrected chi connectivity index (χ1v) is 9.18. The molecule has 1 aliphatic carbocycles. The van der Waals surface area contributed by atoms with Crippen LogP contribution in [0.4, 0.5) is 11.6 Å². The number of nitrogens with zero attached hydrogens (tertiary/aromatic N) is 5. The van der Waals surface area contributed by atoms with Gasteiger partial charge in [0.05, 0.1) is 4.92 Å². The summed E-state index contributed by atoms with van der Waals surface area (Å²) in [5.41, 5.74) is 0.945. The van der Waals surface area contributed by atoms with E-state index in [1.54, 1.807) is 17.9 Å². The second-order valence-corrected chi connectivity index (χ2v) is 7.08. The summed E-state index contributed by atoms with van der Waals surface area (Å²) in [7, 11) is 0. The Bertz CT molecular complexity index is 981. The summed E-state index contributed by atoms with van der Waals surface area (Å²) in [5, 5.41) is 20.5.